The Morgan fingerprint density at radius 2 is 2.15 bits per heavy atom. The van der Waals surface area contributed by atoms with E-state index in [4.69, 9.17) is 4.42 Å². The molecule has 4 nitrogen and oxygen atoms in total. The summed E-state index contributed by atoms with van der Waals surface area (Å²) in [7, 11) is 0. The van der Waals surface area contributed by atoms with Crippen LogP contribution in [0.4, 0.5) is 0 Å². The number of aryl methyl sites for hydroxylation is 2. The van der Waals surface area contributed by atoms with Crippen molar-refractivity contribution >= 4 is 16.8 Å². The molecule has 3 rings (SSSR count). The summed E-state index contributed by atoms with van der Waals surface area (Å²) in [5.41, 5.74) is 3.74. The number of H-pyrrole nitrogens is 1. The first kappa shape index (κ1) is 12.5. The highest BCUT2D eigenvalue weighted by Crippen LogP contribution is 2.22. The zero-order chi connectivity index (χ0) is 14.1. The molecule has 0 spiro atoms. The van der Waals surface area contributed by atoms with Gasteiger partial charge in [-0.3, -0.25) is 4.79 Å². The summed E-state index contributed by atoms with van der Waals surface area (Å²) < 4.78 is 5.20. The van der Waals surface area contributed by atoms with E-state index < -0.39 is 0 Å². The van der Waals surface area contributed by atoms with E-state index in [0.717, 1.165) is 22.2 Å². The molecule has 102 valence electrons. The number of aromatic nitrogens is 1. The first-order valence-corrected chi connectivity index (χ1v) is 6.54. The van der Waals surface area contributed by atoms with Crippen LogP contribution in [-0.4, -0.2) is 10.9 Å². The molecule has 4 heteroatoms. The number of carbonyl (C=O) groups excluding carboxylic acids is 1. The van der Waals surface area contributed by atoms with Crippen LogP contribution < -0.4 is 5.32 Å². The van der Waals surface area contributed by atoms with E-state index in [9.17, 15) is 4.79 Å². The highest BCUT2D eigenvalue weighted by Gasteiger charge is 2.14. The third-order valence-electron chi connectivity index (χ3n) is 3.44. The van der Waals surface area contributed by atoms with E-state index >= 15 is 0 Å². The average molecular weight is 268 g/mol. The first-order valence-electron chi connectivity index (χ1n) is 6.54. The molecule has 0 atom stereocenters. The summed E-state index contributed by atoms with van der Waals surface area (Å²) in [4.78, 5) is 15.4. The van der Waals surface area contributed by atoms with Gasteiger partial charge in [0.1, 0.15) is 11.5 Å². The van der Waals surface area contributed by atoms with Gasteiger partial charge in [-0.25, -0.2) is 0 Å². The van der Waals surface area contributed by atoms with Crippen molar-refractivity contribution in [3.8, 4) is 0 Å². The molecule has 1 aromatic carbocycles. The largest absolute Gasteiger partial charge is 0.467 e. The second-order valence-corrected chi connectivity index (χ2v) is 4.94. The number of rotatable bonds is 3. The van der Waals surface area contributed by atoms with Crippen LogP contribution in [0, 0.1) is 13.8 Å². The van der Waals surface area contributed by atoms with Gasteiger partial charge in [-0.2, -0.15) is 0 Å². The van der Waals surface area contributed by atoms with Crippen molar-refractivity contribution in [3.05, 3.63) is 59.2 Å². The lowest BCUT2D eigenvalue weighted by molar-refractivity contribution is 0.0943. The molecular formula is C16H16N2O2. The van der Waals surface area contributed by atoms with Crippen molar-refractivity contribution < 1.29 is 9.21 Å². The maximum Gasteiger partial charge on any atom is 0.268 e. The fourth-order valence-corrected chi connectivity index (χ4v) is 2.35. The minimum Gasteiger partial charge on any atom is -0.467 e. The minimum atomic E-state index is -0.118. The molecule has 2 aromatic heterocycles. The molecule has 20 heavy (non-hydrogen) atoms. The minimum absolute atomic E-state index is 0.118. The van der Waals surface area contributed by atoms with Crippen LogP contribution in [0.5, 0.6) is 0 Å². The lowest BCUT2D eigenvalue weighted by Crippen LogP contribution is -2.23. The topological polar surface area (TPSA) is 58.0 Å². The Labute approximate surface area is 116 Å². The van der Waals surface area contributed by atoms with Crippen molar-refractivity contribution in [2.45, 2.75) is 20.4 Å². The van der Waals surface area contributed by atoms with Gasteiger partial charge >= 0.3 is 0 Å². The molecular weight excluding hydrogens is 252 g/mol. The summed E-state index contributed by atoms with van der Waals surface area (Å²) in [5, 5.41) is 3.94. The van der Waals surface area contributed by atoms with Crippen LogP contribution in [-0.2, 0) is 6.54 Å². The number of furan rings is 1. The van der Waals surface area contributed by atoms with Gasteiger partial charge in [0.2, 0.25) is 0 Å². The lowest BCUT2D eigenvalue weighted by Gasteiger charge is -2.02. The fraction of sp³-hybridized carbons (Fsp3) is 0.188. The maximum atomic E-state index is 12.2. The molecule has 0 unspecified atom stereocenters. The lowest BCUT2D eigenvalue weighted by atomic mass is 10.1. The van der Waals surface area contributed by atoms with Crippen LogP contribution in [0.2, 0.25) is 0 Å². The predicted molar refractivity (Wildman–Crippen MR) is 77.7 cm³/mol. The van der Waals surface area contributed by atoms with Crippen molar-refractivity contribution in [3.63, 3.8) is 0 Å². The first-order chi connectivity index (χ1) is 9.65. The highest BCUT2D eigenvalue weighted by atomic mass is 16.3. The summed E-state index contributed by atoms with van der Waals surface area (Å²) in [6, 6.07) is 9.78. The molecule has 0 aliphatic heterocycles. The molecule has 0 radical (unpaired) electrons. The number of nitrogens with one attached hydrogen (secondary N) is 2. The molecule has 0 saturated heterocycles. The third-order valence-corrected chi connectivity index (χ3v) is 3.44. The predicted octanol–water partition coefficient (Wildman–Crippen LogP) is 3.31. The Hall–Kier alpha value is -2.49. The molecule has 1 amide bonds. The van der Waals surface area contributed by atoms with Crippen molar-refractivity contribution in [1.29, 1.82) is 0 Å². The van der Waals surface area contributed by atoms with E-state index in [1.807, 2.05) is 38.1 Å². The molecule has 0 aliphatic rings. The third kappa shape index (κ3) is 2.20. The Morgan fingerprint density at radius 1 is 1.30 bits per heavy atom. The van der Waals surface area contributed by atoms with Gasteiger partial charge in [-0.15, -0.1) is 0 Å². The summed E-state index contributed by atoms with van der Waals surface area (Å²) in [6.45, 7) is 4.38. The number of aromatic amines is 1. The van der Waals surface area contributed by atoms with Gasteiger partial charge in [0, 0.05) is 10.9 Å². The zero-order valence-electron chi connectivity index (χ0n) is 11.5. The summed E-state index contributed by atoms with van der Waals surface area (Å²) in [5.74, 6) is 0.621. The van der Waals surface area contributed by atoms with Crippen LogP contribution in [0.15, 0.2) is 41.0 Å². The normalized spacial score (nSPS) is 10.9. The second kappa shape index (κ2) is 4.89. The quantitative estimate of drug-likeness (QED) is 0.765. The van der Waals surface area contributed by atoms with Gasteiger partial charge in [-0.1, -0.05) is 12.1 Å². The SMILES string of the molecule is Cc1ccc2c(C)c(C(=O)NCc3ccco3)[nH]c2c1. The van der Waals surface area contributed by atoms with Gasteiger partial charge in [0.05, 0.1) is 12.8 Å². The second-order valence-electron chi connectivity index (χ2n) is 4.94. The molecule has 0 bridgehead atoms. The van der Waals surface area contributed by atoms with Crippen molar-refractivity contribution in [2.75, 3.05) is 0 Å². The van der Waals surface area contributed by atoms with E-state index in [2.05, 4.69) is 10.3 Å². The van der Waals surface area contributed by atoms with Gasteiger partial charge in [-0.05, 0) is 43.2 Å². The number of hydrogen-bond acceptors (Lipinski definition) is 2. The smallest absolute Gasteiger partial charge is 0.268 e. The van der Waals surface area contributed by atoms with Crippen LogP contribution in [0.3, 0.4) is 0 Å². The van der Waals surface area contributed by atoms with Gasteiger partial charge < -0.3 is 14.7 Å². The van der Waals surface area contributed by atoms with Crippen LogP contribution in [0.1, 0.15) is 27.4 Å². The molecule has 0 aliphatic carbocycles. The maximum absolute atomic E-state index is 12.2. The van der Waals surface area contributed by atoms with Gasteiger partial charge in [0.15, 0.2) is 0 Å². The van der Waals surface area contributed by atoms with Crippen molar-refractivity contribution in [2.24, 2.45) is 0 Å². The Morgan fingerprint density at radius 3 is 2.90 bits per heavy atom. The van der Waals surface area contributed by atoms with E-state index in [1.165, 1.54) is 5.56 Å². The Kier molecular flexibility index (Phi) is 3.06. The number of benzene rings is 1. The number of hydrogen-bond donors (Lipinski definition) is 2. The summed E-state index contributed by atoms with van der Waals surface area (Å²) in [6.07, 6.45) is 1.60. The average Bonchev–Trinajstić information content (AvgIpc) is 3.04. The van der Waals surface area contributed by atoms with E-state index in [-0.39, 0.29) is 5.91 Å². The standard InChI is InChI=1S/C16H16N2O2/c1-10-5-6-13-11(2)15(18-14(13)8-10)16(19)17-9-12-4-3-7-20-12/h3-8,18H,9H2,1-2H3,(H,17,19). The molecule has 3 aromatic rings. The van der Waals surface area contributed by atoms with Crippen LogP contribution >= 0.6 is 0 Å². The zero-order valence-corrected chi connectivity index (χ0v) is 11.5. The molecule has 2 heterocycles. The highest BCUT2D eigenvalue weighted by molar-refractivity contribution is 6.00. The fourth-order valence-electron chi connectivity index (χ4n) is 2.35. The summed E-state index contributed by atoms with van der Waals surface area (Å²) >= 11 is 0. The van der Waals surface area contributed by atoms with E-state index in [1.54, 1.807) is 12.3 Å². The Balaban J connectivity index is 1.85. The molecule has 0 fully saturated rings. The van der Waals surface area contributed by atoms with Crippen LogP contribution in [0.25, 0.3) is 10.9 Å². The number of fused-ring (bicyclic) bond motifs is 1. The molecule has 2 N–H and O–H groups in total. The van der Waals surface area contributed by atoms with Gasteiger partial charge in [0.25, 0.3) is 5.91 Å². The number of amides is 1. The number of carbonyl (C=O) groups is 1. The monoisotopic (exact) mass is 268 g/mol. The Bertz CT molecular complexity index is 754. The van der Waals surface area contributed by atoms with E-state index in [0.29, 0.717) is 12.2 Å². The molecule has 0 saturated carbocycles. The van der Waals surface area contributed by atoms with Crippen molar-refractivity contribution in [1.82, 2.24) is 10.3 Å².